The number of amides is 1. The lowest BCUT2D eigenvalue weighted by atomic mass is 10.1. The molecule has 1 atom stereocenters. The van der Waals surface area contributed by atoms with E-state index >= 15 is 0 Å². The number of nitrogens with zero attached hydrogens (tertiary/aromatic N) is 4. The quantitative estimate of drug-likeness (QED) is 0.476. The molecule has 0 aliphatic carbocycles. The zero-order valence-electron chi connectivity index (χ0n) is 16.9. The summed E-state index contributed by atoms with van der Waals surface area (Å²) in [4.78, 5) is 18.8. The number of anilines is 1. The highest BCUT2D eigenvalue weighted by Crippen LogP contribution is 2.30. The third-order valence-corrected chi connectivity index (χ3v) is 7.64. The number of rotatable bonds is 5. The van der Waals surface area contributed by atoms with Crippen LogP contribution in [0.4, 0.5) is 9.52 Å². The van der Waals surface area contributed by atoms with Gasteiger partial charge in [0.15, 0.2) is 0 Å². The highest BCUT2D eigenvalue weighted by Gasteiger charge is 2.29. The van der Waals surface area contributed by atoms with E-state index in [1.54, 1.807) is 52.9 Å². The number of fused-ring (bicyclic) bond motifs is 2. The van der Waals surface area contributed by atoms with Crippen molar-refractivity contribution in [2.45, 2.75) is 31.0 Å². The van der Waals surface area contributed by atoms with Gasteiger partial charge in [0.25, 0.3) is 10.0 Å². The average Bonchev–Trinajstić information content (AvgIpc) is 3.51. The highest BCUT2D eigenvalue weighted by molar-refractivity contribution is 7.93. The Morgan fingerprint density at radius 1 is 1.22 bits per heavy atom. The maximum Gasteiger partial charge on any atom is 0.263 e. The maximum atomic E-state index is 14.0. The Bertz CT molecular complexity index is 1440. The van der Waals surface area contributed by atoms with Crippen LogP contribution in [0.5, 0.6) is 0 Å². The summed E-state index contributed by atoms with van der Waals surface area (Å²) in [6.45, 7) is 2.46. The molecule has 0 radical (unpaired) electrons. The monoisotopic (exact) mass is 473 g/mol. The summed E-state index contributed by atoms with van der Waals surface area (Å²) in [5.41, 5.74) is 2.32. The first kappa shape index (κ1) is 20.6. The summed E-state index contributed by atoms with van der Waals surface area (Å²) in [5.74, 6) is -0.454. The molecule has 32 heavy (non-hydrogen) atoms. The Kier molecular flexibility index (Phi) is 4.94. The molecule has 4 aromatic rings. The van der Waals surface area contributed by atoms with E-state index in [1.807, 2.05) is 0 Å². The molecule has 8 nitrogen and oxygen atoms in total. The van der Waals surface area contributed by atoms with Crippen molar-refractivity contribution >= 4 is 43.5 Å². The van der Waals surface area contributed by atoms with E-state index in [-0.39, 0.29) is 23.2 Å². The molecule has 1 N–H and O–H groups in total. The van der Waals surface area contributed by atoms with Gasteiger partial charge in [0.2, 0.25) is 11.0 Å². The summed E-state index contributed by atoms with van der Waals surface area (Å²) >= 11 is 0.948. The average molecular weight is 474 g/mol. The topological polar surface area (TPSA) is 97.2 Å². The number of hydrogen-bond donors (Lipinski definition) is 1. The number of carbonyl (C=O) groups is 1. The first-order chi connectivity index (χ1) is 15.3. The predicted octanol–water partition coefficient (Wildman–Crippen LogP) is 3.78. The molecule has 5 rings (SSSR count). The Morgan fingerprint density at radius 2 is 2.03 bits per heavy atom. The molecule has 3 heterocycles. The van der Waals surface area contributed by atoms with Crippen molar-refractivity contribution < 1.29 is 19.0 Å². The normalized spacial score (nSPS) is 14.5. The van der Waals surface area contributed by atoms with Crippen LogP contribution < -0.4 is 4.72 Å². The molecule has 0 bridgehead atoms. The summed E-state index contributed by atoms with van der Waals surface area (Å²) in [6.07, 6.45) is 2.99. The van der Waals surface area contributed by atoms with Crippen molar-refractivity contribution in [3.63, 3.8) is 0 Å². The summed E-state index contributed by atoms with van der Waals surface area (Å²) in [5, 5.41) is 0.654. The van der Waals surface area contributed by atoms with E-state index in [9.17, 15) is 17.6 Å². The second-order valence-electron chi connectivity index (χ2n) is 7.55. The van der Waals surface area contributed by atoms with Crippen LogP contribution in [0.1, 0.15) is 25.5 Å². The van der Waals surface area contributed by atoms with Crippen molar-refractivity contribution in [1.29, 1.82) is 0 Å². The van der Waals surface area contributed by atoms with Crippen molar-refractivity contribution in [1.82, 2.24) is 18.8 Å². The zero-order valence-corrected chi connectivity index (χ0v) is 18.5. The van der Waals surface area contributed by atoms with E-state index in [4.69, 9.17) is 0 Å². The number of hydrogen-bond acceptors (Lipinski definition) is 6. The number of halogens is 1. The minimum absolute atomic E-state index is 0. The van der Waals surface area contributed by atoms with Crippen molar-refractivity contribution in [3.05, 3.63) is 71.9 Å². The van der Waals surface area contributed by atoms with Crippen LogP contribution in [0.25, 0.3) is 10.9 Å². The van der Waals surface area contributed by atoms with Crippen LogP contribution in [-0.2, 0) is 27.9 Å². The van der Waals surface area contributed by atoms with E-state index in [2.05, 4.69) is 14.1 Å². The van der Waals surface area contributed by atoms with E-state index in [0.717, 1.165) is 22.7 Å². The lowest BCUT2D eigenvalue weighted by Crippen LogP contribution is -2.32. The molecule has 0 unspecified atom stereocenters. The van der Waals surface area contributed by atoms with Crippen LogP contribution in [0.3, 0.4) is 0 Å². The van der Waals surface area contributed by atoms with E-state index in [0.29, 0.717) is 24.0 Å². The second-order valence-corrected chi connectivity index (χ2v) is 10.0. The third kappa shape index (κ3) is 3.53. The number of carbonyl (C=O) groups excluding carboxylic acids is 1. The van der Waals surface area contributed by atoms with Gasteiger partial charge in [0, 0.05) is 37.6 Å². The standard InChI is InChI=1S/C21H18FN5O3S2.H2/c1-13(27-8-7-17-18(22)3-2-4-19(17)27)20(28)26-10-14-5-6-16(9-15(14)11-26)32(29,30)25-21-23-12-24-31-21;/h2-9,12-13H,10-11H2,1H3,(H,23,24,25);1H/t13-;/m0./s1. The molecule has 0 fully saturated rings. The van der Waals surface area contributed by atoms with Crippen molar-refractivity contribution in [2.75, 3.05) is 4.72 Å². The van der Waals surface area contributed by atoms with Crippen molar-refractivity contribution in [2.24, 2.45) is 0 Å². The second kappa shape index (κ2) is 7.68. The van der Waals surface area contributed by atoms with Gasteiger partial charge in [-0.3, -0.25) is 9.52 Å². The zero-order chi connectivity index (χ0) is 22.5. The van der Waals surface area contributed by atoms with Crippen molar-refractivity contribution in [3.8, 4) is 0 Å². The Morgan fingerprint density at radius 3 is 2.81 bits per heavy atom. The summed E-state index contributed by atoms with van der Waals surface area (Å²) in [7, 11) is -3.81. The molecule has 0 spiro atoms. The van der Waals surface area contributed by atoms with Gasteiger partial charge >= 0.3 is 0 Å². The Balaban J connectivity index is 0.00000259. The first-order valence-electron chi connectivity index (χ1n) is 9.78. The first-order valence-corrected chi connectivity index (χ1v) is 12.0. The van der Waals surface area contributed by atoms with Crippen LogP contribution in [0, 0.1) is 5.82 Å². The fourth-order valence-electron chi connectivity index (χ4n) is 3.96. The predicted molar refractivity (Wildman–Crippen MR) is 120 cm³/mol. The van der Waals surface area contributed by atoms with Gasteiger partial charge < -0.3 is 9.47 Å². The van der Waals surface area contributed by atoms with Gasteiger partial charge in [-0.05, 0) is 48.4 Å². The summed E-state index contributed by atoms with van der Waals surface area (Å²) < 4.78 is 47.3. The van der Waals surface area contributed by atoms with Crippen LogP contribution in [-0.4, -0.2) is 33.1 Å². The number of benzene rings is 2. The molecule has 1 aliphatic rings. The van der Waals surface area contributed by atoms with Crippen LogP contribution >= 0.6 is 11.5 Å². The summed E-state index contributed by atoms with van der Waals surface area (Å²) in [6, 6.07) is 10.7. The van der Waals surface area contributed by atoms with Gasteiger partial charge in [-0.15, -0.1) is 0 Å². The van der Waals surface area contributed by atoms with Gasteiger partial charge in [0.05, 0.1) is 10.4 Å². The lowest BCUT2D eigenvalue weighted by molar-refractivity contribution is -0.134. The van der Waals surface area contributed by atoms with E-state index in [1.165, 1.54) is 18.5 Å². The smallest absolute Gasteiger partial charge is 0.263 e. The third-order valence-electron chi connectivity index (χ3n) is 5.59. The number of sulfonamides is 1. The molecule has 2 aromatic heterocycles. The van der Waals surface area contributed by atoms with Crippen LogP contribution in [0.15, 0.2) is 59.9 Å². The van der Waals surface area contributed by atoms with Gasteiger partial charge in [-0.25, -0.2) is 17.8 Å². The fraction of sp³-hybridized carbons (Fsp3) is 0.190. The van der Waals surface area contributed by atoms with Gasteiger partial charge in [-0.2, -0.15) is 4.37 Å². The van der Waals surface area contributed by atoms with E-state index < -0.39 is 16.1 Å². The molecule has 11 heteroatoms. The van der Waals surface area contributed by atoms with Crippen LogP contribution in [0.2, 0.25) is 0 Å². The number of nitrogens with one attached hydrogen (secondary N) is 1. The molecule has 1 aliphatic heterocycles. The molecule has 0 saturated heterocycles. The minimum Gasteiger partial charge on any atom is -0.335 e. The molecular weight excluding hydrogens is 453 g/mol. The molecule has 1 amide bonds. The lowest BCUT2D eigenvalue weighted by Gasteiger charge is -2.22. The molecule has 2 aromatic carbocycles. The Labute approximate surface area is 189 Å². The molecule has 0 saturated carbocycles. The molecular formula is C21H20FN5O3S2. The van der Waals surface area contributed by atoms with Gasteiger partial charge in [-0.1, -0.05) is 12.1 Å². The Hall–Kier alpha value is -3.31. The SMILES string of the molecule is C[C@@H](C(=O)N1Cc2ccc(S(=O)(=O)Nc3ncns3)cc2C1)n1ccc2c(F)cccc21.[HH]. The fourth-order valence-corrected chi connectivity index (χ4v) is 5.67. The van der Waals surface area contributed by atoms with Gasteiger partial charge in [0.1, 0.15) is 18.2 Å². The minimum atomic E-state index is -3.81. The largest absolute Gasteiger partial charge is 0.335 e. The molecule has 166 valence electrons. The maximum absolute atomic E-state index is 14.0. The highest BCUT2D eigenvalue weighted by atomic mass is 32.2. The number of aromatic nitrogens is 3.